The zero-order valence-electron chi connectivity index (χ0n) is 9.56. The van der Waals surface area contributed by atoms with Crippen molar-refractivity contribution in [3.05, 3.63) is 30.0 Å². The van der Waals surface area contributed by atoms with E-state index in [1.165, 1.54) is 0 Å². The maximum atomic E-state index is 11.9. The number of amides is 2. The van der Waals surface area contributed by atoms with Gasteiger partial charge < -0.3 is 0 Å². The lowest BCUT2D eigenvalue weighted by atomic mass is 10.1. The van der Waals surface area contributed by atoms with Gasteiger partial charge in [-0.2, -0.15) is 5.10 Å². The molecule has 0 atom stereocenters. The van der Waals surface area contributed by atoms with Crippen LogP contribution in [0.1, 0.15) is 23.2 Å². The molecular weight excluding hydrogens is 232 g/mol. The molecule has 1 aliphatic rings. The monoisotopic (exact) mass is 244 g/mol. The summed E-state index contributed by atoms with van der Waals surface area (Å²) in [6.45, 7) is 0. The average Bonchev–Trinajstić information content (AvgIpc) is 3.12. The maximum Gasteiger partial charge on any atom is 0.271 e. The molecule has 3 rings (SSSR count). The molecule has 1 aromatic carbocycles. The molecule has 92 valence electrons. The number of carbonyl (C=O) groups is 2. The van der Waals surface area contributed by atoms with E-state index < -0.39 is 0 Å². The summed E-state index contributed by atoms with van der Waals surface area (Å²) in [5.74, 6) is -0.410. The van der Waals surface area contributed by atoms with Crippen LogP contribution in [0.15, 0.2) is 24.4 Å². The summed E-state index contributed by atoms with van der Waals surface area (Å²) in [6.07, 6.45) is 3.45. The van der Waals surface area contributed by atoms with E-state index in [1.807, 2.05) is 6.07 Å². The molecule has 1 fully saturated rings. The third-order valence-corrected chi connectivity index (χ3v) is 2.97. The number of H-pyrrole nitrogens is 1. The lowest BCUT2D eigenvalue weighted by molar-refractivity contribution is -0.123. The number of hydrogen-bond donors (Lipinski definition) is 3. The van der Waals surface area contributed by atoms with Crippen molar-refractivity contribution in [1.82, 2.24) is 21.0 Å². The number of hydrazine groups is 1. The summed E-state index contributed by atoms with van der Waals surface area (Å²) >= 11 is 0. The molecule has 1 aromatic heterocycles. The van der Waals surface area contributed by atoms with Crippen molar-refractivity contribution < 1.29 is 9.59 Å². The Labute approximate surface area is 103 Å². The Morgan fingerprint density at radius 1 is 1.28 bits per heavy atom. The molecule has 2 amide bonds. The zero-order chi connectivity index (χ0) is 12.5. The molecule has 0 aliphatic heterocycles. The van der Waals surface area contributed by atoms with Gasteiger partial charge in [0.2, 0.25) is 5.91 Å². The fourth-order valence-electron chi connectivity index (χ4n) is 1.79. The van der Waals surface area contributed by atoms with Gasteiger partial charge in [-0.3, -0.25) is 25.5 Å². The summed E-state index contributed by atoms with van der Waals surface area (Å²) in [5, 5.41) is 7.51. The number of fused-ring (bicyclic) bond motifs is 1. The van der Waals surface area contributed by atoms with Crippen molar-refractivity contribution in [1.29, 1.82) is 0 Å². The van der Waals surface area contributed by atoms with Gasteiger partial charge >= 0.3 is 0 Å². The zero-order valence-corrected chi connectivity index (χ0v) is 9.56. The lowest BCUT2D eigenvalue weighted by Crippen LogP contribution is -2.42. The Morgan fingerprint density at radius 2 is 2.11 bits per heavy atom. The van der Waals surface area contributed by atoms with Gasteiger partial charge in [-0.15, -0.1) is 0 Å². The van der Waals surface area contributed by atoms with Gasteiger partial charge in [-0.1, -0.05) is 12.1 Å². The number of carbonyl (C=O) groups excluding carboxylic acids is 2. The first-order valence-corrected chi connectivity index (χ1v) is 5.78. The first kappa shape index (κ1) is 10.8. The minimum absolute atomic E-state index is 0.0632. The predicted molar refractivity (Wildman–Crippen MR) is 64.4 cm³/mol. The van der Waals surface area contributed by atoms with Gasteiger partial charge in [0, 0.05) is 11.3 Å². The van der Waals surface area contributed by atoms with E-state index in [1.54, 1.807) is 18.3 Å². The van der Waals surface area contributed by atoms with E-state index >= 15 is 0 Å². The quantitative estimate of drug-likeness (QED) is 0.681. The maximum absolute atomic E-state index is 11.9. The van der Waals surface area contributed by atoms with Crippen LogP contribution in [0.4, 0.5) is 0 Å². The third-order valence-electron chi connectivity index (χ3n) is 2.97. The van der Waals surface area contributed by atoms with Crippen LogP contribution < -0.4 is 10.9 Å². The fraction of sp³-hybridized carbons (Fsp3) is 0.250. The number of benzene rings is 1. The smallest absolute Gasteiger partial charge is 0.271 e. The molecule has 0 spiro atoms. The van der Waals surface area contributed by atoms with Gasteiger partial charge in [-0.25, -0.2) is 0 Å². The fourth-order valence-corrected chi connectivity index (χ4v) is 1.79. The molecule has 3 N–H and O–H groups in total. The van der Waals surface area contributed by atoms with Gasteiger partial charge in [-0.05, 0) is 18.9 Å². The second-order valence-electron chi connectivity index (χ2n) is 4.36. The Morgan fingerprint density at radius 3 is 2.89 bits per heavy atom. The van der Waals surface area contributed by atoms with Crippen LogP contribution in [-0.4, -0.2) is 22.0 Å². The Bertz CT molecular complexity index is 615. The number of nitrogens with one attached hydrogen (secondary N) is 3. The first-order valence-electron chi connectivity index (χ1n) is 5.78. The van der Waals surface area contributed by atoms with Crippen LogP contribution in [0.5, 0.6) is 0 Å². The van der Waals surface area contributed by atoms with Crippen LogP contribution in [0.2, 0.25) is 0 Å². The van der Waals surface area contributed by atoms with Gasteiger partial charge in [0.15, 0.2) is 0 Å². The van der Waals surface area contributed by atoms with Crippen LogP contribution in [0.25, 0.3) is 10.9 Å². The van der Waals surface area contributed by atoms with Crippen LogP contribution in [0, 0.1) is 5.92 Å². The lowest BCUT2D eigenvalue weighted by Gasteiger charge is -2.07. The minimum Gasteiger partial charge on any atom is -0.277 e. The normalized spacial score (nSPS) is 14.4. The van der Waals surface area contributed by atoms with E-state index in [0.717, 1.165) is 18.2 Å². The number of para-hydroxylation sites is 1. The van der Waals surface area contributed by atoms with E-state index in [2.05, 4.69) is 21.0 Å². The van der Waals surface area contributed by atoms with Gasteiger partial charge in [0.1, 0.15) is 0 Å². The molecule has 6 heteroatoms. The first-order chi connectivity index (χ1) is 8.75. The molecule has 18 heavy (non-hydrogen) atoms. The van der Waals surface area contributed by atoms with Crippen molar-refractivity contribution in [3.63, 3.8) is 0 Å². The highest BCUT2D eigenvalue weighted by Gasteiger charge is 2.29. The van der Waals surface area contributed by atoms with Gasteiger partial charge in [0.05, 0.1) is 17.3 Å². The third kappa shape index (κ3) is 1.92. The number of nitrogens with zero attached hydrogens (tertiary/aromatic N) is 1. The number of rotatable bonds is 2. The molecule has 1 aliphatic carbocycles. The van der Waals surface area contributed by atoms with Crippen LogP contribution >= 0.6 is 0 Å². The molecule has 6 nitrogen and oxygen atoms in total. The van der Waals surface area contributed by atoms with Gasteiger partial charge in [0.25, 0.3) is 5.91 Å². The number of aromatic amines is 1. The second kappa shape index (κ2) is 4.14. The molecule has 0 radical (unpaired) electrons. The van der Waals surface area contributed by atoms with Crippen LogP contribution in [0.3, 0.4) is 0 Å². The average molecular weight is 244 g/mol. The molecule has 1 saturated carbocycles. The molecule has 1 heterocycles. The topological polar surface area (TPSA) is 86.9 Å². The van der Waals surface area contributed by atoms with E-state index in [0.29, 0.717) is 11.1 Å². The van der Waals surface area contributed by atoms with E-state index in [-0.39, 0.29) is 17.7 Å². The SMILES string of the molecule is O=C(NNC(=O)C1CC1)c1cccc2cn[nH]c12. The van der Waals surface area contributed by atoms with E-state index in [9.17, 15) is 9.59 Å². The molecule has 0 saturated heterocycles. The summed E-state index contributed by atoms with van der Waals surface area (Å²) in [5.41, 5.74) is 5.96. The Balaban J connectivity index is 1.75. The van der Waals surface area contributed by atoms with Crippen molar-refractivity contribution in [2.75, 3.05) is 0 Å². The van der Waals surface area contributed by atoms with Crippen molar-refractivity contribution in [3.8, 4) is 0 Å². The highest BCUT2D eigenvalue weighted by molar-refractivity contribution is 6.05. The standard InChI is InChI=1S/C12H12N4O2/c17-11(7-4-5-7)15-16-12(18)9-3-1-2-8-6-13-14-10(8)9/h1-3,6-7H,4-5H2,(H,13,14)(H,15,17)(H,16,18). The highest BCUT2D eigenvalue weighted by atomic mass is 16.2. The number of aromatic nitrogens is 2. The van der Waals surface area contributed by atoms with Crippen molar-refractivity contribution in [2.45, 2.75) is 12.8 Å². The molecule has 2 aromatic rings. The summed E-state index contributed by atoms with van der Waals surface area (Å²) in [6, 6.07) is 5.31. The molecule has 0 unspecified atom stereocenters. The van der Waals surface area contributed by atoms with Crippen LogP contribution in [-0.2, 0) is 4.79 Å². The minimum atomic E-state index is -0.348. The molecule has 0 bridgehead atoms. The summed E-state index contributed by atoms with van der Waals surface area (Å²) in [4.78, 5) is 23.3. The predicted octanol–water partition coefficient (Wildman–Crippen LogP) is 0.734. The Kier molecular flexibility index (Phi) is 2.47. The summed E-state index contributed by atoms with van der Waals surface area (Å²) in [7, 11) is 0. The van der Waals surface area contributed by atoms with Crippen molar-refractivity contribution in [2.24, 2.45) is 5.92 Å². The summed E-state index contributed by atoms with van der Waals surface area (Å²) < 4.78 is 0. The second-order valence-corrected chi connectivity index (χ2v) is 4.36. The number of hydrogen-bond acceptors (Lipinski definition) is 3. The highest BCUT2D eigenvalue weighted by Crippen LogP contribution is 2.28. The van der Waals surface area contributed by atoms with E-state index in [4.69, 9.17) is 0 Å². The van der Waals surface area contributed by atoms with Crippen molar-refractivity contribution >= 4 is 22.7 Å². The largest absolute Gasteiger partial charge is 0.277 e. The Hall–Kier alpha value is -2.37. The molecular formula is C12H12N4O2.